The van der Waals surface area contributed by atoms with Crippen LogP contribution in [-0.4, -0.2) is 53.6 Å². The number of ether oxygens (including phenoxy) is 2. The topological polar surface area (TPSA) is 56.6 Å². The summed E-state index contributed by atoms with van der Waals surface area (Å²) in [6.07, 6.45) is 6.78. The molecule has 0 bridgehead atoms. The van der Waals surface area contributed by atoms with E-state index in [4.69, 9.17) is 9.47 Å². The summed E-state index contributed by atoms with van der Waals surface area (Å²) in [5.74, 6) is -0.173. The summed E-state index contributed by atoms with van der Waals surface area (Å²) in [6, 6.07) is 0. The van der Waals surface area contributed by atoms with Crippen molar-refractivity contribution >= 4 is 5.97 Å². The molecule has 0 spiro atoms. The zero-order valence-electron chi connectivity index (χ0n) is 12.2. The molecule has 6 heteroatoms. The first-order chi connectivity index (χ1) is 9.67. The molecule has 2 heterocycles. The first kappa shape index (κ1) is 15.0. The Labute approximate surface area is 119 Å². The SMILES string of the molecule is COC(=O)CCN(Cc1cnn(C)c1)C[C@H]1CCCO1. The Balaban J connectivity index is 1.89. The van der Waals surface area contributed by atoms with Crippen LogP contribution in [0.3, 0.4) is 0 Å². The number of hydrogen-bond donors (Lipinski definition) is 0. The molecule has 1 atom stereocenters. The fraction of sp³-hybridized carbons (Fsp3) is 0.714. The summed E-state index contributed by atoms with van der Waals surface area (Å²) in [6.45, 7) is 3.17. The number of carbonyl (C=O) groups excluding carboxylic acids is 1. The molecule has 2 rings (SSSR count). The zero-order chi connectivity index (χ0) is 14.4. The minimum Gasteiger partial charge on any atom is -0.469 e. The van der Waals surface area contributed by atoms with Gasteiger partial charge in [0.1, 0.15) is 0 Å². The second kappa shape index (κ2) is 7.40. The van der Waals surface area contributed by atoms with Crippen molar-refractivity contribution < 1.29 is 14.3 Å². The summed E-state index contributed by atoms with van der Waals surface area (Å²) in [7, 11) is 3.33. The van der Waals surface area contributed by atoms with E-state index in [0.29, 0.717) is 13.0 Å². The molecule has 1 aliphatic heterocycles. The number of esters is 1. The van der Waals surface area contributed by atoms with E-state index in [1.807, 2.05) is 19.4 Å². The standard InChI is InChI=1S/C14H23N3O3/c1-16-9-12(8-15-16)10-17(6-5-14(18)19-2)11-13-4-3-7-20-13/h8-9,13H,3-7,10-11H2,1-2H3/t13-/m1/s1. The highest BCUT2D eigenvalue weighted by Gasteiger charge is 2.20. The van der Waals surface area contributed by atoms with Crippen LogP contribution in [-0.2, 0) is 27.9 Å². The van der Waals surface area contributed by atoms with Gasteiger partial charge in [0.05, 0.1) is 25.8 Å². The van der Waals surface area contributed by atoms with Crippen LogP contribution in [0.4, 0.5) is 0 Å². The van der Waals surface area contributed by atoms with Crippen molar-refractivity contribution in [2.45, 2.75) is 31.9 Å². The number of rotatable bonds is 7. The van der Waals surface area contributed by atoms with Gasteiger partial charge in [-0.05, 0) is 12.8 Å². The first-order valence-corrected chi connectivity index (χ1v) is 7.05. The number of nitrogens with zero attached hydrogens (tertiary/aromatic N) is 3. The fourth-order valence-electron chi connectivity index (χ4n) is 2.47. The largest absolute Gasteiger partial charge is 0.469 e. The average Bonchev–Trinajstić information content (AvgIpc) is 3.07. The van der Waals surface area contributed by atoms with Crippen molar-refractivity contribution in [3.05, 3.63) is 18.0 Å². The predicted molar refractivity (Wildman–Crippen MR) is 74.1 cm³/mol. The molecule has 0 aliphatic carbocycles. The summed E-state index contributed by atoms with van der Waals surface area (Å²) < 4.78 is 12.2. The molecule has 112 valence electrons. The summed E-state index contributed by atoms with van der Waals surface area (Å²) in [5.41, 5.74) is 1.15. The van der Waals surface area contributed by atoms with Gasteiger partial charge in [-0.3, -0.25) is 14.4 Å². The molecule has 6 nitrogen and oxygen atoms in total. The number of methoxy groups -OCH3 is 1. The quantitative estimate of drug-likeness (QED) is 0.697. The lowest BCUT2D eigenvalue weighted by atomic mass is 10.2. The fourth-order valence-corrected chi connectivity index (χ4v) is 2.47. The van der Waals surface area contributed by atoms with E-state index in [1.54, 1.807) is 4.68 Å². The Bertz CT molecular complexity index is 427. The van der Waals surface area contributed by atoms with Gasteiger partial charge in [-0.15, -0.1) is 0 Å². The Kier molecular flexibility index (Phi) is 5.55. The number of hydrogen-bond acceptors (Lipinski definition) is 5. The van der Waals surface area contributed by atoms with Crippen LogP contribution in [0, 0.1) is 0 Å². The molecule has 0 unspecified atom stereocenters. The van der Waals surface area contributed by atoms with Gasteiger partial charge in [0.15, 0.2) is 0 Å². The van der Waals surface area contributed by atoms with Gasteiger partial charge in [0, 0.05) is 45.0 Å². The minimum absolute atomic E-state index is 0.173. The Morgan fingerprint density at radius 3 is 3.10 bits per heavy atom. The van der Waals surface area contributed by atoms with Gasteiger partial charge in [0.2, 0.25) is 0 Å². The van der Waals surface area contributed by atoms with E-state index in [2.05, 4.69) is 10.00 Å². The van der Waals surface area contributed by atoms with Gasteiger partial charge < -0.3 is 9.47 Å². The monoisotopic (exact) mass is 281 g/mol. The van der Waals surface area contributed by atoms with Crippen LogP contribution >= 0.6 is 0 Å². The lowest BCUT2D eigenvalue weighted by molar-refractivity contribution is -0.141. The maximum atomic E-state index is 11.3. The summed E-state index contributed by atoms with van der Waals surface area (Å²) >= 11 is 0. The van der Waals surface area contributed by atoms with E-state index in [-0.39, 0.29) is 12.1 Å². The van der Waals surface area contributed by atoms with E-state index in [9.17, 15) is 4.79 Å². The summed E-state index contributed by atoms with van der Waals surface area (Å²) in [4.78, 5) is 13.6. The van der Waals surface area contributed by atoms with E-state index >= 15 is 0 Å². The third-order valence-corrected chi connectivity index (χ3v) is 3.51. The Morgan fingerprint density at radius 1 is 1.65 bits per heavy atom. The Hall–Kier alpha value is -1.40. The third kappa shape index (κ3) is 4.61. The van der Waals surface area contributed by atoms with Crippen LogP contribution in [0.2, 0.25) is 0 Å². The highest BCUT2D eigenvalue weighted by atomic mass is 16.5. The van der Waals surface area contributed by atoms with E-state index in [1.165, 1.54) is 7.11 Å². The molecule has 0 radical (unpaired) electrons. The second-order valence-corrected chi connectivity index (χ2v) is 5.22. The smallest absolute Gasteiger partial charge is 0.306 e. The zero-order valence-corrected chi connectivity index (χ0v) is 12.2. The van der Waals surface area contributed by atoms with Crippen molar-refractivity contribution in [2.75, 3.05) is 26.8 Å². The van der Waals surface area contributed by atoms with Gasteiger partial charge in [-0.25, -0.2) is 0 Å². The van der Waals surface area contributed by atoms with Gasteiger partial charge >= 0.3 is 5.97 Å². The Morgan fingerprint density at radius 2 is 2.50 bits per heavy atom. The van der Waals surface area contributed by atoms with Gasteiger partial charge in [-0.1, -0.05) is 0 Å². The van der Waals surface area contributed by atoms with Gasteiger partial charge in [0.25, 0.3) is 0 Å². The van der Waals surface area contributed by atoms with Crippen LogP contribution in [0.15, 0.2) is 12.4 Å². The lowest BCUT2D eigenvalue weighted by Gasteiger charge is -2.24. The van der Waals surface area contributed by atoms with Crippen molar-refractivity contribution in [3.63, 3.8) is 0 Å². The van der Waals surface area contributed by atoms with E-state index in [0.717, 1.165) is 38.1 Å². The predicted octanol–water partition coefficient (Wildman–Crippen LogP) is 0.964. The van der Waals surface area contributed by atoms with Gasteiger partial charge in [-0.2, -0.15) is 5.10 Å². The maximum Gasteiger partial charge on any atom is 0.306 e. The molecule has 0 N–H and O–H groups in total. The number of carbonyl (C=O) groups is 1. The highest BCUT2D eigenvalue weighted by Crippen LogP contribution is 2.15. The normalized spacial score (nSPS) is 18.6. The minimum atomic E-state index is -0.173. The van der Waals surface area contributed by atoms with Crippen molar-refractivity contribution in [2.24, 2.45) is 7.05 Å². The molecule has 0 saturated carbocycles. The summed E-state index contributed by atoms with van der Waals surface area (Å²) in [5, 5.41) is 4.18. The third-order valence-electron chi connectivity index (χ3n) is 3.51. The van der Waals surface area contributed by atoms with Crippen LogP contribution in [0.5, 0.6) is 0 Å². The number of aryl methyl sites for hydroxylation is 1. The molecular formula is C14H23N3O3. The van der Waals surface area contributed by atoms with Crippen molar-refractivity contribution in [1.82, 2.24) is 14.7 Å². The van der Waals surface area contributed by atoms with E-state index < -0.39 is 0 Å². The molecule has 20 heavy (non-hydrogen) atoms. The van der Waals surface area contributed by atoms with Crippen LogP contribution < -0.4 is 0 Å². The molecular weight excluding hydrogens is 258 g/mol. The molecule has 1 saturated heterocycles. The van der Waals surface area contributed by atoms with Crippen LogP contribution in [0.25, 0.3) is 0 Å². The average molecular weight is 281 g/mol. The molecule has 1 aromatic heterocycles. The van der Waals surface area contributed by atoms with Crippen molar-refractivity contribution in [1.29, 1.82) is 0 Å². The maximum absolute atomic E-state index is 11.3. The molecule has 1 fully saturated rings. The molecule has 1 aliphatic rings. The van der Waals surface area contributed by atoms with Crippen molar-refractivity contribution in [3.8, 4) is 0 Å². The van der Waals surface area contributed by atoms with Crippen LogP contribution in [0.1, 0.15) is 24.8 Å². The lowest BCUT2D eigenvalue weighted by Crippen LogP contribution is -2.33. The molecule has 1 aromatic rings. The first-order valence-electron chi connectivity index (χ1n) is 7.05. The molecule has 0 aromatic carbocycles. The number of aromatic nitrogens is 2. The second-order valence-electron chi connectivity index (χ2n) is 5.22. The molecule has 0 amide bonds. The highest BCUT2D eigenvalue weighted by molar-refractivity contribution is 5.69.